The van der Waals surface area contributed by atoms with Gasteiger partial charge in [-0.2, -0.15) is 0 Å². The molecule has 1 aliphatic rings. The molecule has 0 aliphatic carbocycles. The minimum atomic E-state index is 0.00459. The molecule has 0 spiro atoms. The third-order valence-electron chi connectivity index (χ3n) is 4.55. The zero-order valence-electron chi connectivity index (χ0n) is 13.1. The van der Waals surface area contributed by atoms with Crippen molar-refractivity contribution < 1.29 is 5.11 Å². The summed E-state index contributed by atoms with van der Waals surface area (Å²) < 4.78 is 0. The molecular weight excluding hydrogens is 262 g/mol. The molecule has 0 bridgehead atoms. The smallest absolute Gasteiger partial charge is 0.0447 e. The highest BCUT2D eigenvalue weighted by Gasteiger charge is 2.37. The third kappa shape index (κ3) is 4.51. The van der Waals surface area contributed by atoms with Crippen molar-refractivity contribution in [1.29, 1.82) is 0 Å². The summed E-state index contributed by atoms with van der Waals surface area (Å²) in [6, 6.07) is 10.9. The van der Waals surface area contributed by atoms with Crippen LogP contribution in [0.3, 0.4) is 0 Å². The second-order valence-corrected chi connectivity index (χ2v) is 6.19. The molecule has 2 unspecified atom stereocenters. The number of hydrogen-bond acceptors (Lipinski definition) is 4. The molecule has 21 heavy (non-hydrogen) atoms. The SMILES string of the molecule is CCC(CCO)NC1(CN)CCN(Cc2ccccc2)C1. The van der Waals surface area contributed by atoms with E-state index in [0.717, 1.165) is 38.9 Å². The van der Waals surface area contributed by atoms with Crippen molar-refractivity contribution in [2.24, 2.45) is 5.73 Å². The lowest BCUT2D eigenvalue weighted by molar-refractivity contribution is 0.219. The zero-order chi connectivity index (χ0) is 15.1. The van der Waals surface area contributed by atoms with Gasteiger partial charge in [0.25, 0.3) is 0 Å². The van der Waals surface area contributed by atoms with Crippen LogP contribution in [-0.4, -0.2) is 47.8 Å². The van der Waals surface area contributed by atoms with Crippen LogP contribution in [0, 0.1) is 0 Å². The molecule has 1 aromatic rings. The van der Waals surface area contributed by atoms with E-state index in [1.54, 1.807) is 0 Å². The molecule has 0 amide bonds. The third-order valence-corrected chi connectivity index (χ3v) is 4.55. The van der Waals surface area contributed by atoms with Crippen molar-refractivity contribution >= 4 is 0 Å². The van der Waals surface area contributed by atoms with Crippen LogP contribution >= 0.6 is 0 Å². The molecule has 4 N–H and O–H groups in total. The summed E-state index contributed by atoms with van der Waals surface area (Å²) in [6.45, 7) is 6.10. The number of nitrogens with one attached hydrogen (secondary N) is 1. The first-order valence-corrected chi connectivity index (χ1v) is 8.06. The lowest BCUT2D eigenvalue weighted by Gasteiger charge is -2.34. The van der Waals surface area contributed by atoms with Gasteiger partial charge in [0.05, 0.1) is 0 Å². The number of likely N-dealkylation sites (tertiary alicyclic amines) is 1. The van der Waals surface area contributed by atoms with E-state index in [-0.39, 0.29) is 12.1 Å². The predicted molar refractivity (Wildman–Crippen MR) is 87.0 cm³/mol. The summed E-state index contributed by atoms with van der Waals surface area (Å²) in [6.07, 6.45) is 2.91. The van der Waals surface area contributed by atoms with Crippen molar-refractivity contribution in [2.45, 2.75) is 44.3 Å². The van der Waals surface area contributed by atoms with Gasteiger partial charge < -0.3 is 16.2 Å². The Balaban J connectivity index is 1.93. The monoisotopic (exact) mass is 291 g/mol. The lowest BCUT2D eigenvalue weighted by atomic mass is 9.96. The van der Waals surface area contributed by atoms with Gasteiger partial charge in [-0.25, -0.2) is 0 Å². The van der Waals surface area contributed by atoms with E-state index < -0.39 is 0 Å². The van der Waals surface area contributed by atoms with E-state index in [1.165, 1.54) is 5.56 Å². The van der Waals surface area contributed by atoms with Crippen LogP contribution in [0.15, 0.2) is 30.3 Å². The Hall–Kier alpha value is -0.940. The number of aliphatic hydroxyl groups excluding tert-OH is 1. The van der Waals surface area contributed by atoms with Gasteiger partial charge in [0.15, 0.2) is 0 Å². The summed E-state index contributed by atoms with van der Waals surface area (Å²) in [7, 11) is 0. The van der Waals surface area contributed by atoms with E-state index in [2.05, 4.69) is 47.5 Å². The van der Waals surface area contributed by atoms with Crippen LogP contribution < -0.4 is 11.1 Å². The highest BCUT2D eigenvalue weighted by Crippen LogP contribution is 2.23. The first-order valence-electron chi connectivity index (χ1n) is 8.06. The molecule has 1 saturated heterocycles. The van der Waals surface area contributed by atoms with Gasteiger partial charge in [0, 0.05) is 44.4 Å². The summed E-state index contributed by atoms with van der Waals surface area (Å²) in [4.78, 5) is 2.47. The van der Waals surface area contributed by atoms with Crippen molar-refractivity contribution in [3.8, 4) is 0 Å². The molecule has 0 radical (unpaired) electrons. The highest BCUT2D eigenvalue weighted by atomic mass is 16.3. The van der Waals surface area contributed by atoms with Gasteiger partial charge in [-0.1, -0.05) is 37.3 Å². The predicted octanol–water partition coefficient (Wildman–Crippen LogP) is 1.34. The molecule has 4 heteroatoms. The number of nitrogens with zero attached hydrogens (tertiary/aromatic N) is 1. The maximum Gasteiger partial charge on any atom is 0.0447 e. The Labute approximate surface area is 128 Å². The number of aliphatic hydroxyl groups is 1. The summed E-state index contributed by atoms with van der Waals surface area (Å²) in [5.74, 6) is 0. The molecule has 1 aromatic carbocycles. The minimum Gasteiger partial charge on any atom is -0.396 e. The van der Waals surface area contributed by atoms with Crippen LogP contribution in [0.4, 0.5) is 0 Å². The fraction of sp³-hybridized carbons (Fsp3) is 0.647. The first-order chi connectivity index (χ1) is 10.2. The van der Waals surface area contributed by atoms with Crippen LogP contribution in [0.2, 0.25) is 0 Å². The maximum absolute atomic E-state index is 9.16. The molecule has 118 valence electrons. The minimum absolute atomic E-state index is 0.00459. The van der Waals surface area contributed by atoms with Gasteiger partial charge >= 0.3 is 0 Å². The summed E-state index contributed by atoms with van der Waals surface area (Å²) in [5.41, 5.74) is 7.43. The average Bonchev–Trinajstić information content (AvgIpc) is 2.91. The Morgan fingerprint density at radius 3 is 2.76 bits per heavy atom. The molecule has 0 saturated carbocycles. The Morgan fingerprint density at radius 1 is 1.38 bits per heavy atom. The number of hydrogen-bond donors (Lipinski definition) is 3. The summed E-state index contributed by atoms with van der Waals surface area (Å²) in [5, 5.41) is 12.9. The zero-order valence-corrected chi connectivity index (χ0v) is 13.1. The van der Waals surface area contributed by atoms with Gasteiger partial charge in [-0.05, 0) is 24.8 Å². The Bertz CT molecular complexity index is 412. The molecule has 2 rings (SSSR count). The quantitative estimate of drug-likeness (QED) is 0.676. The van der Waals surface area contributed by atoms with E-state index >= 15 is 0 Å². The van der Waals surface area contributed by atoms with Gasteiger partial charge in [0.2, 0.25) is 0 Å². The van der Waals surface area contributed by atoms with Gasteiger partial charge in [-0.15, -0.1) is 0 Å². The fourth-order valence-electron chi connectivity index (χ4n) is 3.25. The lowest BCUT2D eigenvalue weighted by Crippen LogP contribution is -2.56. The van der Waals surface area contributed by atoms with E-state index in [0.29, 0.717) is 12.6 Å². The number of benzene rings is 1. The molecule has 2 atom stereocenters. The molecule has 1 heterocycles. The number of rotatable bonds is 8. The normalized spacial score (nSPS) is 24.3. The van der Waals surface area contributed by atoms with Crippen molar-refractivity contribution in [2.75, 3.05) is 26.2 Å². The van der Waals surface area contributed by atoms with Crippen molar-refractivity contribution in [3.05, 3.63) is 35.9 Å². The molecule has 0 aromatic heterocycles. The average molecular weight is 291 g/mol. The van der Waals surface area contributed by atoms with E-state index in [4.69, 9.17) is 10.8 Å². The fourth-order valence-corrected chi connectivity index (χ4v) is 3.25. The van der Waals surface area contributed by atoms with Gasteiger partial charge in [0.1, 0.15) is 0 Å². The maximum atomic E-state index is 9.16. The Morgan fingerprint density at radius 2 is 2.14 bits per heavy atom. The molecule has 1 fully saturated rings. The van der Waals surface area contributed by atoms with Gasteiger partial charge in [-0.3, -0.25) is 4.90 Å². The van der Waals surface area contributed by atoms with E-state index in [9.17, 15) is 0 Å². The first kappa shape index (κ1) is 16.4. The van der Waals surface area contributed by atoms with Crippen molar-refractivity contribution in [1.82, 2.24) is 10.2 Å². The topological polar surface area (TPSA) is 61.5 Å². The second-order valence-electron chi connectivity index (χ2n) is 6.19. The number of nitrogens with two attached hydrogens (primary N) is 1. The molecule has 1 aliphatic heterocycles. The Kier molecular flexibility index (Phi) is 6.18. The van der Waals surface area contributed by atoms with Crippen LogP contribution in [0.25, 0.3) is 0 Å². The highest BCUT2D eigenvalue weighted by molar-refractivity contribution is 5.15. The van der Waals surface area contributed by atoms with E-state index in [1.807, 2.05) is 0 Å². The standard InChI is InChI=1S/C17H29N3O/c1-2-16(8-11-21)19-17(13-18)9-10-20(14-17)12-15-6-4-3-5-7-15/h3-7,16,19,21H,2,8-14,18H2,1H3. The van der Waals surface area contributed by atoms with Crippen molar-refractivity contribution in [3.63, 3.8) is 0 Å². The largest absolute Gasteiger partial charge is 0.396 e. The summed E-state index contributed by atoms with van der Waals surface area (Å²) >= 11 is 0. The second kappa shape index (κ2) is 7.90. The van der Waals surface area contributed by atoms with Crippen LogP contribution in [0.1, 0.15) is 31.7 Å². The van der Waals surface area contributed by atoms with Crippen LogP contribution in [-0.2, 0) is 6.54 Å². The molecular formula is C17H29N3O. The van der Waals surface area contributed by atoms with Crippen LogP contribution in [0.5, 0.6) is 0 Å². The molecule has 4 nitrogen and oxygen atoms in total.